The highest BCUT2D eigenvalue weighted by Gasteiger charge is 2.43. The van der Waals surface area contributed by atoms with Gasteiger partial charge in [-0.3, -0.25) is 9.59 Å². The van der Waals surface area contributed by atoms with Gasteiger partial charge in [0.1, 0.15) is 0 Å². The van der Waals surface area contributed by atoms with Crippen molar-refractivity contribution < 1.29 is 22.8 Å². The summed E-state index contributed by atoms with van der Waals surface area (Å²) in [5.74, 6) is -3.24. The van der Waals surface area contributed by atoms with Crippen molar-refractivity contribution in [3.05, 3.63) is 0 Å². The third kappa shape index (κ3) is 3.12. The van der Waals surface area contributed by atoms with Gasteiger partial charge in [-0.05, 0) is 6.92 Å². The minimum Gasteiger partial charge on any atom is -0.332 e. The second-order valence-electron chi connectivity index (χ2n) is 3.91. The Hall–Kier alpha value is -1.78. The van der Waals surface area contributed by atoms with Crippen LogP contribution in [-0.4, -0.2) is 54.0 Å². The number of hydrogen-bond donors (Lipinski definition) is 0. The molecule has 2 amide bonds. The van der Waals surface area contributed by atoms with Crippen LogP contribution in [0.25, 0.3) is 0 Å². The summed E-state index contributed by atoms with van der Waals surface area (Å²) in [5.41, 5.74) is 0. The molecular formula is C10H12F3N3O2. The van der Waals surface area contributed by atoms with E-state index in [1.54, 1.807) is 6.92 Å². The molecule has 1 rings (SSSR count). The molecule has 1 fully saturated rings. The number of carbonyl (C=O) groups excluding carboxylic acids is 2. The van der Waals surface area contributed by atoms with Gasteiger partial charge in [0.05, 0.1) is 19.2 Å². The summed E-state index contributed by atoms with van der Waals surface area (Å²) in [5, 5.41) is 8.44. The average molecular weight is 263 g/mol. The van der Waals surface area contributed by atoms with E-state index in [0.717, 1.165) is 11.0 Å². The second-order valence-corrected chi connectivity index (χ2v) is 3.91. The van der Waals surface area contributed by atoms with Crippen molar-refractivity contribution in [2.24, 2.45) is 5.92 Å². The van der Waals surface area contributed by atoms with Gasteiger partial charge in [0, 0.05) is 13.1 Å². The summed E-state index contributed by atoms with van der Waals surface area (Å²) in [7, 11) is 0. The lowest BCUT2D eigenvalue weighted by Gasteiger charge is -2.34. The van der Waals surface area contributed by atoms with Crippen LogP contribution >= 0.6 is 0 Å². The van der Waals surface area contributed by atoms with Crippen LogP contribution in [0.15, 0.2) is 0 Å². The van der Waals surface area contributed by atoms with E-state index < -0.39 is 37.0 Å². The van der Waals surface area contributed by atoms with Crippen LogP contribution in [0.5, 0.6) is 0 Å². The van der Waals surface area contributed by atoms with E-state index in [1.165, 1.54) is 4.90 Å². The number of amides is 2. The molecule has 0 aromatic rings. The van der Waals surface area contributed by atoms with Crippen molar-refractivity contribution in [1.29, 1.82) is 5.26 Å². The van der Waals surface area contributed by atoms with Gasteiger partial charge in [0.2, 0.25) is 11.8 Å². The monoisotopic (exact) mass is 263 g/mol. The van der Waals surface area contributed by atoms with Crippen LogP contribution in [-0.2, 0) is 9.59 Å². The maximum atomic E-state index is 12.4. The van der Waals surface area contributed by atoms with Crippen LogP contribution in [0.1, 0.15) is 6.92 Å². The Kier molecular flexibility index (Phi) is 4.16. The van der Waals surface area contributed by atoms with Crippen molar-refractivity contribution in [3.8, 4) is 6.07 Å². The molecule has 1 heterocycles. The molecule has 0 aromatic carbocycles. The highest BCUT2D eigenvalue weighted by molar-refractivity contribution is 5.92. The number of halogens is 3. The number of carbonyl (C=O) groups is 2. The number of rotatable bonds is 3. The van der Waals surface area contributed by atoms with E-state index in [2.05, 4.69) is 0 Å². The van der Waals surface area contributed by atoms with E-state index in [-0.39, 0.29) is 6.54 Å². The molecule has 1 aliphatic rings. The number of likely N-dealkylation sites (N-methyl/N-ethyl adjacent to an activating group) is 1. The molecule has 100 valence electrons. The molecule has 1 unspecified atom stereocenters. The zero-order valence-corrected chi connectivity index (χ0v) is 9.70. The summed E-state index contributed by atoms with van der Waals surface area (Å²) in [4.78, 5) is 25.1. The Morgan fingerprint density at radius 1 is 1.28 bits per heavy atom. The summed E-state index contributed by atoms with van der Waals surface area (Å²) >= 11 is 0. The van der Waals surface area contributed by atoms with Crippen molar-refractivity contribution >= 4 is 11.8 Å². The first-order chi connectivity index (χ1) is 8.29. The molecule has 18 heavy (non-hydrogen) atoms. The second kappa shape index (κ2) is 5.25. The lowest BCUT2D eigenvalue weighted by atomic mass is 10.1. The maximum Gasteiger partial charge on any atom is 0.406 e. The predicted octanol–water partition coefficient (Wildman–Crippen LogP) is 0.379. The Balaban J connectivity index is 2.72. The van der Waals surface area contributed by atoms with Crippen molar-refractivity contribution in [2.75, 3.05) is 26.2 Å². The Labute approximate surface area is 102 Å². The highest BCUT2D eigenvalue weighted by atomic mass is 19.4. The largest absolute Gasteiger partial charge is 0.406 e. The molecule has 0 saturated carbocycles. The van der Waals surface area contributed by atoms with Crippen LogP contribution < -0.4 is 0 Å². The minimum atomic E-state index is -4.69. The van der Waals surface area contributed by atoms with Gasteiger partial charge in [-0.2, -0.15) is 18.4 Å². The third-order valence-electron chi connectivity index (χ3n) is 2.69. The number of alkyl halides is 3. The van der Waals surface area contributed by atoms with Crippen LogP contribution in [0.4, 0.5) is 13.2 Å². The molecular weight excluding hydrogens is 251 g/mol. The van der Waals surface area contributed by atoms with Gasteiger partial charge in [0.15, 0.2) is 5.92 Å². The zero-order valence-electron chi connectivity index (χ0n) is 9.70. The lowest BCUT2D eigenvalue weighted by molar-refractivity contribution is -0.170. The molecule has 0 bridgehead atoms. The molecule has 0 aromatic heterocycles. The van der Waals surface area contributed by atoms with Gasteiger partial charge < -0.3 is 9.80 Å². The van der Waals surface area contributed by atoms with Crippen molar-refractivity contribution in [3.63, 3.8) is 0 Å². The first-order valence-electron chi connectivity index (χ1n) is 5.31. The molecule has 0 spiro atoms. The zero-order chi connectivity index (χ0) is 13.9. The SMILES string of the molecule is CCN1CC(=O)N(CC(C#N)C(F)(F)F)CC1=O. The van der Waals surface area contributed by atoms with Crippen molar-refractivity contribution in [2.45, 2.75) is 13.1 Å². The van der Waals surface area contributed by atoms with Gasteiger partial charge >= 0.3 is 6.18 Å². The summed E-state index contributed by atoms with van der Waals surface area (Å²) in [6.45, 7) is 0.586. The maximum absolute atomic E-state index is 12.4. The summed E-state index contributed by atoms with van der Waals surface area (Å²) in [6.07, 6.45) is -4.69. The normalized spacial score (nSPS) is 18.8. The minimum absolute atomic E-state index is 0.231. The predicted molar refractivity (Wildman–Crippen MR) is 54.0 cm³/mol. The number of piperazine rings is 1. The standard InChI is InChI=1S/C10H12F3N3O2/c1-2-15-5-9(18)16(6-8(15)17)4-7(3-14)10(11,12)13/h7H,2,4-6H2,1H3. The van der Waals surface area contributed by atoms with Gasteiger partial charge in [-0.25, -0.2) is 0 Å². The molecule has 1 aliphatic heterocycles. The molecule has 0 radical (unpaired) electrons. The van der Waals surface area contributed by atoms with Crippen LogP contribution in [0.3, 0.4) is 0 Å². The van der Waals surface area contributed by atoms with Crippen LogP contribution in [0.2, 0.25) is 0 Å². The van der Waals surface area contributed by atoms with E-state index >= 15 is 0 Å². The summed E-state index contributed by atoms with van der Waals surface area (Å²) < 4.78 is 37.2. The lowest BCUT2D eigenvalue weighted by Crippen LogP contribution is -2.55. The Bertz CT molecular complexity index is 389. The van der Waals surface area contributed by atoms with Gasteiger partial charge in [0.25, 0.3) is 0 Å². The smallest absolute Gasteiger partial charge is 0.332 e. The Morgan fingerprint density at radius 3 is 2.22 bits per heavy atom. The molecule has 0 aliphatic carbocycles. The fraction of sp³-hybridized carbons (Fsp3) is 0.700. The molecule has 8 heteroatoms. The van der Waals surface area contributed by atoms with E-state index in [9.17, 15) is 22.8 Å². The van der Waals surface area contributed by atoms with Gasteiger partial charge in [-0.15, -0.1) is 0 Å². The van der Waals surface area contributed by atoms with E-state index in [1.807, 2.05) is 0 Å². The van der Waals surface area contributed by atoms with Crippen molar-refractivity contribution in [1.82, 2.24) is 9.80 Å². The fourth-order valence-electron chi connectivity index (χ4n) is 1.60. The number of nitriles is 1. The number of nitrogens with zero attached hydrogens (tertiary/aromatic N) is 3. The van der Waals surface area contributed by atoms with Gasteiger partial charge in [-0.1, -0.05) is 0 Å². The molecule has 0 N–H and O–H groups in total. The average Bonchev–Trinajstić information content (AvgIpc) is 2.27. The van der Waals surface area contributed by atoms with Crippen LogP contribution in [0, 0.1) is 17.2 Å². The van der Waals surface area contributed by atoms with E-state index in [0.29, 0.717) is 6.54 Å². The van der Waals surface area contributed by atoms with E-state index in [4.69, 9.17) is 5.26 Å². The number of hydrogen-bond acceptors (Lipinski definition) is 3. The topological polar surface area (TPSA) is 64.4 Å². The fourth-order valence-corrected chi connectivity index (χ4v) is 1.60. The third-order valence-corrected chi connectivity index (χ3v) is 2.69. The quantitative estimate of drug-likeness (QED) is 0.739. The first-order valence-corrected chi connectivity index (χ1v) is 5.31. The molecule has 1 saturated heterocycles. The first kappa shape index (κ1) is 14.3. The Morgan fingerprint density at radius 2 is 1.78 bits per heavy atom. The molecule has 1 atom stereocenters. The highest BCUT2D eigenvalue weighted by Crippen LogP contribution is 2.26. The molecule has 5 nitrogen and oxygen atoms in total. The summed E-state index contributed by atoms with van der Waals surface area (Å²) in [6, 6.07) is 1.11.